The molecular weight excluding hydrogens is 202 g/mol. The number of pyridine rings is 1. The zero-order valence-electron chi connectivity index (χ0n) is 9.70. The molecule has 0 aromatic carbocycles. The van der Waals surface area contributed by atoms with Crippen LogP contribution >= 0.6 is 0 Å². The molecule has 4 nitrogen and oxygen atoms in total. The molecule has 0 spiro atoms. The highest BCUT2D eigenvalue weighted by Gasteiger charge is 2.13. The number of anilines is 1. The number of ether oxygens (including phenoxy) is 1. The SMILES string of the molecule is COc1cccnc1NCCC1CCCN1. The normalized spacial score (nSPS) is 19.7. The van der Waals surface area contributed by atoms with Gasteiger partial charge in [-0.05, 0) is 37.9 Å². The fraction of sp³-hybridized carbons (Fsp3) is 0.583. The van der Waals surface area contributed by atoms with Gasteiger partial charge in [-0.2, -0.15) is 0 Å². The van der Waals surface area contributed by atoms with Crippen LogP contribution in [0.1, 0.15) is 19.3 Å². The van der Waals surface area contributed by atoms with E-state index >= 15 is 0 Å². The molecule has 4 heteroatoms. The van der Waals surface area contributed by atoms with Gasteiger partial charge in [0.2, 0.25) is 0 Å². The second-order valence-corrected chi connectivity index (χ2v) is 4.06. The summed E-state index contributed by atoms with van der Waals surface area (Å²) in [5.74, 6) is 1.64. The molecular formula is C12H19N3O. The first-order valence-electron chi connectivity index (χ1n) is 5.86. The second kappa shape index (κ2) is 5.70. The number of hydrogen-bond donors (Lipinski definition) is 2. The molecule has 2 heterocycles. The van der Waals surface area contributed by atoms with E-state index in [1.807, 2.05) is 12.1 Å². The van der Waals surface area contributed by atoms with Crippen LogP contribution < -0.4 is 15.4 Å². The largest absolute Gasteiger partial charge is 0.493 e. The lowest BCUT2D eigenvalue weighted by molar-refractivity contribution is 0.414. The van der Waals surface area contributed by atoms with E-state index < -0.39 is 0 Å². The number of hydrogen-bond acceptors (Lipinski definition) is 4. The van der Waals surface area contributed by atoms with E-state index in [4.69, 9.17) is 4.74 Å². The van der Waals surface area contributed by atoms with E-state index in [2.05, 4.69) is 15.6 Å². The van der Waals surface area contributed by atoms with E-state index in [1.165, 1.54) is 12.8 Å². The van der Waals surface area contributed by atoms with Gasteiger partial charge in [0, 0.05) is 18.8 Å². The Morgan fingerprint density at radius 3 is 3.31 bits per heavy atom. The van der Waals surface area contributed by atoms with Crippen LogP contribution in [0.5, 0.6) is 5.75 Å². The Hall–Kier alpha value is -1.29. The molecule has 1 atom stereocenters. The summed E-state index contributed by atoms with van der Waals surface area (Å²) < 4.78 is 5.23. The van der Waals surface area contributed by atoms with Crippen molar-refractivity contribution in [3.63, 3.8) is 0 Å². The van der Waals surface area contributed by atoms with Crippen LogP contribution in [0, 0.1) is 0 Å². The third-order valence-corrected chi connectivity index (χ3v) is 2.94. The predicted molar refractivity (Wildman–Crippen MR) is 64.9 cm³/mol. The van der Waals surface area contributed by atoms with Crippen LogP contribution in [0.25, 0.3) is 0 Å². The van der Waals surface area contributed by atoms with E-state index in [-0.39, 0.29) is 0 Å². The molecule has 1 saturated heterocycles. The summed E-state index contributed by atoms with van der Waals surface area (Å²) in [6.07, 6.45) is 5.51. The van der Waals surface area contributed by atoms with Gasteiger partial charge in [0.05, 0.1) is 7.11 Å². The molecule has 0 amide bonds. The van der Waals surface area contributed by atoms with Gasteiger partial charge in [-0.15, -0.1) is 0 Å². The zero-order valence-corrected chi connectivity index (χ0v) is 9.70. The summed E-state index contributed by atoms with van der Waals surface area (Å²) in [4.78, 5) is 4.26. The molecule has 1 fully saturated rings. The van der Waals surface area contributed by atoms with Gasteiger partial charge in [0.1, 0.15) is 0 Å². The molecule has 1 aromatic rings. The standard InChI is InChI=1S/C12H19N3O/c1-16-11-5-3-8-14-12(11)15-9-6-10-4-2-7-13-10/h3,5,8,10,13H,2,4,6-7,9H2,1H3,(H,14,15). The maximum absolute atomic E-state index is 5.23. The van der Waals surface area contributed by atoms with E-state index in [1.54, 1.807) is 13.3 Å². The molecule has 1 aliphatic rings. The molecule has 16 heavy (non-hydrogen) atoms. The van der Waals surface area contributed by atoms with Crippen molar-refractivity contribution < 1.29 is 4.74 Å². The van der Waals surface area contributed by atoms with Gasteiger partial charge in [-0.3, -0.25) is 0 Å². The Morgan fingerprint density at radius 1 is 1.62 bits per heavy atom. The van der Waals surface area contributed by atoms with Crippen molar-refractivity contribution in [3.05, 3.63) is 18.3 Å². The summed E-state index contributed by atoms with van der Waals surface area (Å²) in [6.45, 7) is 2.10. The van der Waals surface area contributed by atoms with Crippen molar-refractivity contribution in [2.24, 2.45) is 0 Å². The smallest absolute Gasteiger partial charge is 0.168 e. The number of methoxy groups -OCH3 is 1. The summed E-state index contributed by atoms with van der Waals surface area (Å²) in [7, 11) is 1.67. The summed E-state index contributed by atoms with van der Waals surface area (Å²) in [5.41, 5.74) is 0. The lowest BCUT2D eigenvalue weighted by atomic mass is 10.1. The van der Waals surface area contributed by atoms with Crippen LogP contribution in [0.3, 0.4) is 0 Å². The molecule has 0 saturated carbocycles. The Morgan fingerprint density at radius 2 is 2.56 bits per heavy atom. The molecule has 1 aromatic heterocycles. The van der Waals surface area contributed by atoms with Crippen molar-refractivity contribution in [2.45, 2.75) is 25.3 Å². The fourth-order valence-electron chi connectivity index (χ4n) is 2.06. The van der Waals surface area contributed by atoms with Crippen LogP contribution in [-0.2, 0) is 0 Å². The second-order valence-electron chi connectivity index (χ2n) is 4.06. The third kappa shape index (κ3) is 2.85. The minimum absolute atomic E-state index is 0.669. The fourth-order valence-corrected chi connectivity index (χ4v) is 2.06. The molecule has 0 radical (unpaired) electrons. The molecule has 0 bridgehead atoms. The van der Waals surface area contributed by atoms with Gasteiger partial charge in [-0.25, -0.2) is 4.98 Å². The Kier molecular flexibility index (Phi) is 3.99. The highest BCUT2D eigenvalue weighted by molar-refractivity contribution is 5.49. The number of rotatable bonds is 5. The lowest BCUT2D eigenvalue weighted by Crippen LogP contribution is -2.24. The molecule has 0 aliphatic carbocycles. The summed E-state index contributed by atoms with van der Waals surface area (Å²) >= 11 is 0. The van der Waals surface area contributed by atoms with Crippen molar-refractivity contribution in [1.29, 1.82) is 0 Å². The van der Waals surface area contributed by atoms with Gasteiger partial charge in [0.15, 0.2) is 11.6 Å². The van der Waals surface area contributed by atoms with Crippen LogP contribution in [-0.4, -0.2) is 31.2 Å². The monoisotopic (exact) mass is 221 g/mol. The first-order chi connectivity index (χ1) is 7.90. The Bertz CT molecular complexity index is 324. The average molecular weight is 221 g/mol. The highest BCUT2D eigenvalue weighted by Crippen LogP contribution is 2.20. The Labute approximate surface area is 96.4 Å². The maximum Gasteiger partial charge on any atom is 0.168 e. The number of aromatic nitrogens is 1. The zero-order chi connectivity index (χ0) is 11.2. The van der Waals surface area contributed by atoms with Gasteiger partial charge in [-0.1, -0.05) is 0 Å². The first kappa shape index (κ1) is 11.2. The number of nitrogens with one attached hydrogen (secondary N) is 2. The Balaban J connectivity index is 1.79. The van der Waals surface area contributed by atoms with E-state index in [0.29, 0.717) is 6.04 Å². The highest BCUT2D eigenvalue weighted by atomic mass is 16.5. The minimum atomic E-state index is 0.669. The van der Waals surface area contributed by atoms with Crippen LogP contribution in [0.15, 0.2) is 18.3 Å². The predicted octanol–water partition coefficient (Wildman–Crippen LogP) is 1.64. The molecule has 88 valence electrons. The van der Waals surface area contributed by atoms with Crippen LogP contribution in [0.4, 0.5) is 5.82 Å². The van der Waals surface area contributed by atoms with Crippen LogP contribution in [0.2, 0.25) is 0 Å². The van der Waals surface area contributed by atoms with E-state index in [0.717, 1.165) is 31.1 Å². The summed E-state index contributed by atoms with van der Waals surface area (Å²) in [5, 5.41) is 6.79. The average Bonchev–Trinajstić information content (AvgIpc) is 2.83. The van der Waals surface area contributed by atoms with Crippen molar-refractivity contribution in [1.82, 2.24) is 10.3 Å². The lowest BCUT2D eigenvalue weighted by Gasteiger charge is -2.12. The maximum atomic E-state index is 5.23. The van der Waals surface area contributed by atoms with Gasteiger partial charge in [0.25, 0.3) is 0 Å². The van der Waals surface area contributed by atoms with Gasteiger partial charge < -0.3 is 15.4 Å². The molecule has 2 N–H and O–H groups in total. The van der Waals surface area contributed by atoms with Crippen molar-refractivity contribution in [2.75, 3.05) is 25.5 Å². The third-order valence-electron chi connectivity index (χ3n) is 2.94. The van der Waals surface area contributed by atoms with Gasteiger partial charge >= 0.3 is 0 Å². The quantitative estimate of drug-likeness (QED) is 0.793. The summed E-state index contributed by atoms with van der Waals surface area (Å²) in [6, 6.07) is 4.47. The molecule has 2 rings (SSSR count). The topological polar surface area (TPSA) is 46.2 Å². The van der Waals surface area contributed by atoms with E-state index in [9.17, 15) is 0 Å². The number of nitrogens with zero attached hydrogens (tertiary/aromatic N) is 1. The van der Waals surface area contributed by atoms with Crippen molar-refractivity contribution in [3.8, 4) is 5.75 Å². The molecule has 1 aliphatic heterocycles. The minimum Gasteiger partial charge on any atom is -0.493 e. The molecule has 1 unspecified atom stereocenters. The first-order valence-corrected chi connectivity index (χ1v) is 5.86. The van der Waals surface area contributed by atoms with Crippen molar-refractivity contribution >= 4 is 5.82 Å².